The van der Waals surface area contributed by atoms with Crippen molar-refractivity contribution in [3.8, 4) is 0 Å². The lowest BCUT2D eigenvalue weighted by Gasteiger charge is -2.16. The fourth-order valence-corrected chi connectivity index (χ4v) is 2.17. The molecule has 1 aromatic heterocycles. The molecule has 2 aromatic rings. The van der Waals surface area contributed by atoms with Crippen molar-refractivity contribution in [3.63, 3.8) is 0 Å². The zero-order valence-corrected chi connectivity index (χ0v) is 12.8. The fourth-order valence-electron chi connectivity index (χ4n) is 2.17. The van der Waals surface area contributed by atoms with E-state index >= 15 is 0 Å². The Hall–Kier alpha value is -2.11. The Balaban J connectivity index is 2.05. The van der Waals surface area contributed by atoms with Gasteiger partial charge in [-0.05, 0) is 29.7 Å². The number of aliphatic hydroxyl groups excluding tert-OH is 1. The zero-order valence-electron chi connectivity index (χ0n) is 12.8. The fraction of sp³-hybridized carbons (Fsp3) is 0.353. The lowest BCUT2D eigenvalue weighted by Crippen LogP contribution is -2.30. The number of benzene rings is 1. The summed E-state index contributed by atoms with van der Waals surface area (Å²) in [5, 5.41) is 12.3. The number of aryl methyl sites for hydroxylation is 1. The summed E-state index contributed by atoms with van der Waals surface area (Å²) in [5.41, 5.74) is 2.07. The van der Waals surface area contributed by atoms with E-state index < -0.39 is 6.04 Å². The molecule has 0 saturated carbocycles. The van der Waals surface area contributed by atoms with Crippen molar-refractivity contribution < 1.29 is 19.1 Å². The molecule has 0 fully saturated rings. The molecule has 5 nitrogen and oxygen atoms in total. The smallest absolute Gasteiger partial charge is 0.287 e. The van der Waals surface area contributed by atoms with Crippen LogP contribution in [-0.2, 0) is 17.8 Å². The molecule has 1 unspecified atom stereocenters. The summed E-state index contributed by atoms with van der Waals surface area (Å²) in [6, 6.07) is 10.6. The molecular weight excluding hydrogens is 282 g/mol. The number of rotatable bonds is 7. The second kappa shape index (κ2) is 7.77. The van der Waals surface area contributed by atoms with Crippen LogP contribution >= 0.6 is 0 Å². The minimum atomic E-state index is -0.464. The number of carbonyl (C=O) groups excluding carboxylic acids is 1. The average molecular weight is 303 g/mol. The Kier molecular flexibility index (Phi) is 5.75. The molecule has 0 saturated heterocycles. The van der Waals surface area contributed by atoms with E-state index in [2.05, 4.69) is 12.2 Å². The van der Waals surface area contributed by atoms with Gasteiger partial charge in [-0.1, -0.05) is 31.2 Å². The molecule has 2 N–H and O–H groups in total. The number of methoxy groups -OCH3 is 1. The Labute approximate surface area is 129 Å². The van der Waals surface area contributed by atoms with Crippen LogP contribution in [-0.4, -0.2) is 24.7 Å². The number of nitrogens with one attached hydrogen (secondary N) is 1. The van der Waals surface area contributed by atoms with Crippen molar-refractivity contribution in [2.24, 2.45) is 0 Å². The summed E-state index contributed by atoms with van der Waals surface area (Å²) in [6.07, 6.45) is 0.950. The van der Waals surface area contributed by atoms with Crippen LogP contribution in [0.4, 0.5) is 0 Å². The maximum atomic E-state index is 12.2. The van der Waals surface area contributed by atoms with Gasteiger partial charge in [0.25, 0.3) is 5.91 Å². The lowest BCUT2D eigenvalue weighted by atomic mass is 10.0. The molecule has 0 aliphatic carbocycles. The Morgan fingerprint density at radius 2 is 2.00 bits per heavy atom. The second-order valence-electron chi connectivity index (χ2n) is 5.00. The molecule has 0 bridgehead atoms. The van der Waals surface area contributed by atoms with Crippen LogP contribution in [0.5, 0.6) is 0 Å². The van der Waals surface area contributed by atoms with Gasteiger partial charge in [0, 0.05) is 7.11 Å². The van der Waals surface area contributed by atoms with E-state index in [0.717, 1.165) is 12.0 Å². The zero-order chi connectivity index (χ0) is 15.9. The van der Waals surface area contributed by atoms with Crippen molar-refractivity contribution in [1.82, 2.24) is 5.32 Å². The topological polar surface area (TPSA) is 71.7 Å². The first-order valence-corrected chi connectivity index (χ1v) is 7.26. The minimum Gasteiger partial charge on any atom is -0.453 e. The predicted octanol–water partition coefficient (Wildman–Crippen LogP) is 2.45. The SMILES string of the molecule is CCc1ccc(C(CO)NC(=O)c2ccc(COC)o2)cc1. The van der Waals surface area contributed by atoms with Crippen molar-refractivity contribution in [1.29, 1.82) is 0 Å². The molecule has 22 heavy (non-hydrogen) atoms. The van der Waals surface area contributed by atoms with Crippen LogP contribution in [0.15, 0.2) is 40.8 Å². The third-order valence-corrected chi connectivity index (χ3v) is 3.45. The average Bonchev–Trinajstić information content (AvgIpc) is 3.02. The summed E-state index contributed by atoms with van der Waals surface area (Å²) < 4.78 is 10.3. The van der Waals surface area contributed by atoms with Gasteiger partial charge in [0.15, 0.2) is 5.76 Å². The van der Waals surface area contributed by atoms with Crippen LogP contribution in [0.3, 0.4) is 0 Å². The normalized spacial score (nSPS) is 12.1. The van der Waals surface area contributed by atoms with Gasteiger partial charge < -0.3 is 19.6 Å². The number of aliphatic hydroxyl groups is 1. The summed E-state index contributed by atoms with van der Waals surface area (Å²) >= 11 is 0. The van der Waals surface area contributed by atoms with Gasteiger partial charge in [0.05, 0.1) is 12.6 Å². The van der Waals surface area contributed by atoms with Crippen LogP contribution in [0.2, 0.25) is 0 Å². The van der Waals surface area contributed by atoms with Gasteiger partial charge in [-0.15, -0.1) is 0 Å². The number of furan rings is 1. The monoisotopic (exact) mass is 303 g/mol. The summed E-state index contributed by atoms with van der Waals surface area (Å²) in [6.45, 7) is 2.22. The maximum absolute atomic E-state index is 12.2. The molecule has 0 spiro atoms. The number of carbonyl (C=O) groups is 1. The van der Waals surface area contributed by atoms with Crippen LogP contribution < -0.4 is 5.32 Å². The van der Waals surface area contributed by atoms with E-state index in [9.17, 15) is 9.90 Å². The van der Waals surface area contributed by atoms with Crippen LogP contribution in [0.1, 0.15) is 40.4 Å². The molecule has 1 aromatic carbocycles. The first-order chi connectivity index (χ1) is 10.7. The summed E-state index contributed by atoms with van der Waals surface area (Å²) in [7, 11) is 1.56. The predicted molar refractivity (Wildman–Crippen MR) is 82.5 cm³/mol. The molecule has 1 amide bonds. The van der Waals surface area contributed by atoms with Gasteiger partial charge in [-0.25, -0.2) is 0 Å². The number of hydrogen-bond donors (Lipinski definition) is 2. The molecule has 0 aliphatic rings. The first kappa shape index (κ1) is 16.3. The lowest BCUT2D eigenvalue weighted by molar-refractivity contribution is 0.0879. The van der Waals surface area contributed by atoms with Gasteiger partial charge >= 0.3 is 0 Å². The van der Waals surface area contributed by atoms with E-state index in [0.29, 0.717) is 12.4 Å². The number of ether oxygens (including phenoxy) is 1. The molecule has 2 rings (SSSR count). The molecule has 5 heteroatoms. The molecule has 1 atom stereocenters. The Morgan fingerprint density at radius 3 is 2.59 bits per heavy atom. The van der Waals surface area contributed by atoms with Gasteiger partial charge in [-0.2, -0.15) is 0 Å². The highest BCUT2D eigenvalue weighted by Crippen LogP contribution is 2.16. The van der Waals surface area contributed by atoms with Gasteiger partial charge in [0.1, 0.15) is 12.4 Å². The van der Waals surface area contributed by atoms with E-state index in [4.69, 9.17) is 9.15 Å². The quantitative estimate of drug-likeness (QED) is 0.824. The number of amides is 1. The third kappa shape index (κ3) is 3.96. The maximum Gasteiger partial charge on any atom is 0.287 e. The molecule has 0 aliphatic heterocycles. The van der Waals surface area contributed by atoms with Gasteiger partial charge in [-0.3, -0.25) is 4.79 Å². The van der Waals surface area contributed by atoms with E-state index in [-0.39, 0.29) is 18.3 Å². The Morgan fingerprint density at radius 1 is 1.27 bits per heavy atom. The molecule has 1 heterocycles. The highest BCUT2D eigenvalue weighted by molar-refractivity contribution is 5.91. The Bertz CT molecular complexity index is 603. The summed E-state index contributed by atoms with van der Waals surface area (Å²) in [4.78, 5) is 12.2. The van der Waals surface area contributed by atoms with Gasteiger partial charge in [0.2, 0.25) is 0 Å². The van der Waals surface area contributed by atoms with E-state index in [1.165, 1.54) is 5.56 Å². The largest absolute Gasteiger partial charge is 0.453 e. The second-order valence-corrected chi connectivity index (χ2v) is 5.00. The highest BCUT2D eigenvalue weighted by atomic mass is 16.5. The van der Waals surface area contributed by atoms with Crippen molar-refractivity contribution in [3.05, 3.63) is 59.0 Å². The van der Waals surface area contributed by atoms with Crippen LogP contribution in [0.25, 0.3) is 0 Å². The van der Waals surface area contributed by atoms with E-state index in [1.807, 2.05) is 24.3 Å². The first-order valence-electron chi connectivity index (χ1n) is 7.26. The molecule has 118 valence electrons. The van der Waals surface area contributed by atoms with Crippen molar-refractivity contribution in [2.45, 2.75) is 26.0 Å². The van der Waals surface area contributed by atoms with Crippen molar-refractivity contribution >= 4 is 5.91 Å². The molecule has 0 radical (unpaired) electrons. The minimum absolute atomic E-state index is 0.178. The van der Waals surface area contributed by atoms with Crippen molar-refractivity contribution in [2.75, 3.05) is 13.7 Å². The number of hydrogen-bond acceptors (Lipinski definition) is 4. The third-order valence-electron chi connectivity index (χ3n) is 3.45. The summed E-state index contributed by atoms with van der Waals surface area (Å²) in [5.74, 6) is 0.428. The van der Waals surface area contributed by atoms with Crippen LogP contribution in [0, 0.1) is 0 Å². The molecular formula is C17H21NO4. The standard InChI is InChI=1S/C17H21NO4/c1-3-12-4-6-13(7-5-12)15(10-19)18-17(20)16-9-8-14(22-16)11-21-2/h4-9,15,19H,3,10-11H2,1-2H3,(H,18,20). The van der Waals surface area contributed by atoms with E-state index in [1.54, 1.807) is 19.2 Å². The highest BCUT2D eigenvalue weighted by Gasteiger charge is 2.17.